The zero-order valence-corrected chi connectivity index (χ0v) is 21.0. The minimum atomic E-state index is -0.589. The monoisotopic (exact) mass is 515 g/mol. The Hall–Kier alpha value is -5.04. The number of non-ortho nitro benzene ring substituents is 1. The molecule has 4 aromatic carbocycles. The van der Waals surface area contributed by atoms with Gasteiger partial charge in [-0.25, -0.2) is 0 Å². The molecule has 192 valence electrons. The lowest BCUT2D eigenvalue weighted by molar-refractivity contribution is -0.384. The molecule has 2 atom stereocenters. The van der Waals surface area contributed by atoms with Crippen LogP contribution in [0.25, 0.3) is 0 Å². The van der Waals surface area contributed by atoms with Gasteiger partial charge in [-0.2, -0.15) is 0 Å². The highest BCUT2D eigenvalue weighted by Gasteiger charge is 2.36. The quantitative estimate of drug-likeness (QED) is 0.172. The molecule has 0 saturated carbocycles. The van der Waals surface area contributed by atoms with Gasteiger partial charge in [-0.05, 0) is 41.7 Å². The number of ketones is 2. The molecule has 7 heteroatoms. The van der Waals surface area contributed by atoms with Crippen LogP contribution in [0.5, 0.6) is 0 Å². The molecule has 1 aliphatic carbocycles. The molecule has 0 amide bonds. The number of nitrogens with one attached hydrogen (secondary N) is 2. The second-order valence-electron chi connectivity index (χ2n) is 9.84. The summed E-state index contributed by atoms with van der Waals surface area (Å²) in [5.74, 6) is -0.128. The predicted octanol–water partition coefficient (Wildman–Crippen LogP) is 6.81. The van der Waals surface area contributed by atoms with Crippen LogP contribution in [0.3, 0.4) is 0 Å². The van der Waals surface area contributed by atoms with Crippen molar-refractivity contribution in [3.63, 3.8) is 0 Å². The van der Waals surface area contributed by atoms with E-state index in [9.17, 15) is 19.7 Å². The van der Waals surface area contributed by atoms with E-state index in [1.54, 1.807) is 36.4 Å². The lowest BCUT2D eigenvalue weighted by atomic mass is 9.78. The summed E-state index contributed by atoms with van der Waals surface area (Å²) in [7, 11) is 0. The molecular formula is C32H25N3O4. The highest BCUT2D eigenvalue weighted by molar-refractivity contribution is 6.10. The third-order valence-electron chi connectivity index (χ3n) is 7.38. The molecule has 2 N–H and O–H groups in total. The minimum absolute atomic E-state index is 0.00797. The number of benzene rings is 4. The lowest BCUT2D eigenvalue weighted by Gasteiger charge is -2.29. The number of nitro benzene ring substituents is 1. The lowest BCUT2D eigenvalue weighted by Crippen LogP contribution is -2.26. The van der Waals surface area contributed by atoms with E-state index >= 15 is 0 Å². The maximum Gasteiger partial charge on any atom is 0.269 e. The van der Waals surface area contributed by atoms with Crippen LogP contribution >= 0.6 is 0 Å². The van der Waals surface area contributed by atoms with Crippen molar-refractivity contribution in [3.8, 4) is 0 Å². The summed E-state index contributed by atoms with van der Waals surface area (Å²) in [4.78, 5) is 38.0. The fourth-order valence-corrected chi connectivity index (χ4v) is 5.47. The van der Waals surface area contributed by atoms with Crippen LogP contribution < -0.4 is 10.6 Å². The van der Waals surface area contributed by atoms with E-state index in [0.717, 1.165) is 11.3 Å². The first-order chi connectivity index (χ1) is 19.0. The van der Waals surface area contributed by atoms with E-state index < -0.39 is 11.0 Å². The Morgan fingerprint density at radius 3 is 2.23 bits per heavy atom. The smallest absolute Gasteiger partial charge is 0.269 e. The van der Waals surface area contributed by atoms with Crippen LogP contribution in [0.2, 0.25) is 0 Å². The molecule has 4 aromatic rings. The molecule has 2 aliphatic rings. The molecule has 1 heterocycles. The topological polar surface area (TPSA) is 101 Å². The highest BCUT2D eigenvalue weighted by Crippen LogP contribution is 2.44. The Morgan fingerprint density at radius 1 is 0.769 bits per heavy atom. The maximum absolute atomic E-state index is 13.8. The van der Waals surface area contributed by atoms with Gasteiger partial charge in [0.15, 0.2) is 11.6 Å². The molecule has 0 radical (unpaired) electrons. The predicted molar refractivity (Wildman–Crippen MR) is 150 cm³/mol. The third-order valence-corrected chi connectivity index (χ3v) is 7.38. The summed E-state index contributed by atoms with van der Waals surface area (Å²) < 4.78 is 0. The van der Waals surface area contributed by atoms with Crippen LogP contribution in [-0.2, 0) is 4.79 Å². The first-order valence-corrected chi connectivity index (χ1v) is 12.8. The molecule has 0 bridgehead atoms. The summed E-state index contributed by atoms with van der Waals surface area (Å²) in [5, 5.41) is 18.5. The standard InChI is InChI=1S/C32H25N3O4/c36-29-19-24(20-8-3-1-4-9-20)18-28-30(29)31(22-12-7-13-25(16-22)35(38)39)34-26-15-14-23(17-27(26)33-28)32(37)21-10-5-2-6-11-21/h1-17,24,31,33-34H,18-19H2/t24-,31-/m0/s1. The fraction of sp³-hybridized carbons (Fsp3) is 0.125. The van der Waals surface area contributed by atoms with Crippen molar-refractivity contribution in [2.45, 2.75) is 24.8 Å². The van der Waals surface area contributed by atoms with Crippen molar-refractivity contribution in [2.24, 2.45) is 0 Å². The Morgan fingerprint density at radius 2 is 1.49 bits per heavy atom. The third kappa shape index (κ3) is 4.70. The van der Waals surface area contributed by atoms with E-state index in [4.69, 9.17) is 0 Å². The molecule has 0 aromatic heterocycles. The average molecular weight is 516 g/mol. The van der Waals surface area contributed by atoms with Crippen LogP contribution in [0.1, 0.15) is 51.8 Å². The van der Waals surface area contributed by atoms with Crippen molar-refractivity contribution in [2.75, 3.05) is 10.6 Å². The zero-order valence-electron chi connectivity index (χ0n) is 21.0. The number of Topliss-reactive ketones (excluding diaryl/α,β-unsaturated/α-hetero) is 1. The second kappa shape index (κ2) is 10.0. The summed E-state index contributed by atoms with van der Waals surface area (Å²) in [6.07, 6.45) is 0.931. The van der Waals surface area contributed by atoms with E-state index in [-0.39, 0.29) is 23.2 Å². The first kappa shape index (κ1) is 24.3. The van der Waals surface area contributed by atoms with Crippen LogP contribution in [-0.4, -0.2) is 16.5 Å². The molecule has 6 rings (SSSR count). The number of carbonyl (C=O) groups excluding carboxylic acids is 2. The van der Waals surface area contributed by atoms with E-state index in [1.165, 1.54) is 12.1 Å². The number of rotatable bonds is 5. The number of hydrogen-bond acceptors (Lipinski definition) is 6. The summed E-state index contributed by atoms with van der Waals surface area (Å²) in [5.41, 5.74) is 5.48. The number of allylic oxidation sites excluding steroid dienone is 1. The summed E-state index contributed by atoms with van der Waals surface area (Å²) >= 11 is 0. The van der Waals surface area contributed by atoms with Gasteiger partial charge < -0.3 is 10.6 Å². The molecule has 0 spiro atoms. The molecule has 1 aliphatic heterocycles. The molecule has 39 heavy (non-hydrogen) atoms. The minimum Gasteiger partial charge on any atom is -0.372 e. The van der Waals surface area contributed by atoms with Gasteiger partial charge >= 0.3 is 0 Å². The molecule has 0 saturated heterocycles. The normalized spacial score (nSPS) is 18.2. The van der Waals surface area contributed by atoms with Gasteiger partial charge in [-0.1, -0.05) is 72.8 Å². The van der Waals surface area contributed by atoms with Crippen molar-refractivity contribution >= 4 is 28.6 Å². The van der Waals surface area contributed by atoms with E-state index in [1.807, 2.05) is 54.6 Å². The number of fused-ring (bicyclic) bond motifs is 1. The Bertz CT molecular complexity index is 1630. The van der Waals surface area contributed by atoms with Gasteiger partial charge in [0, 0.05) is 41.0 Å². The van der Waals surface area contributed by atoms with Gasteiger partial charge in [-0.3, -0.25) is 19.7 Å². The number of nitrogens with zero attached hydrogens (tertiary/aromatic N) is 1. The van der Waals surface area contributed by atoms with E-state index in [0.29, 0.717) is 46.5 Å². The molecule has 7 nitrogen and oxygen atoms in total. The SMILES string of the molecule is O=C1C[C@@H](c2ccccc2)CC2=C1[C@H](c1cccc([N+](=O)[O-])c1)Nc1ccc(C(=O)c3ccccc3)cc1N2. The van der Waals surface area contributed by atoms with Gasteiger partial charge in [0.1, 0.15) is 0 Å². The first-order valence-electron chi connectivity index (χ1n) is 12.8. The average Bonchev–Trinajstić information content (AvgIpc) is 3.14. The van der Waals surface area contributed by atoms with Crippen LogP contribution in [0, 0.1) is 10.1 Å². The van der Waals surface area contributed by atoms with Crippen molar-refractivity contribution in [3.05, 3.63) is 147 Å². The van der Waals surface area contributed by atoms with Crippen molar-refractivity contribution in [1.29, 1.82) is 0 Å². The number of carbonyl (C=O) groups is 2. The van der Waals surface area contributed by atoms with Crippen LogP contribution in [0.15, 0.2) is 114 Å². The maximum atomic E-state index is 13.8. The molecular weight excluding hydrogens is 490 g/mol. The number of hydrogen-bond donors (Lipinski definition) is 2. The number of nitro groups is 1. The zero-order chi connectivity index (χ0) is 26.9. The Kier molecular flexibility index (Phi) is 6.25. The van der Waals surface area contributed by atoms with Gasteiger partial charge in [-0.15, -0.1) is 0 Å². The van der Waals surface area contributed by atoms with E-state index in [2.05, 4.69) is 10.6 Å². The molecule has 0 unspecified atom stereocenters. The molecule has 0 fully saturated rings. The van der Waals surface area contributed by atoms with Crippen molar-refractivity contribution < 1.29 is 14.5 Å². The summed E-state index contributed by atoms with van der Waals surface area (Å²) in [6, 6.07) is 30.2. The second-order valence-corrected chi connectivity index (χ2v) is 9.84. The highest BCUT2D eigenvalue weighted by atomic mass is 16.6. The van der Waals surface area contributed by atoms with Gasteiger partial charge in [0.2, 0.25) is 0 Å². The fourth-order valence-electron chi connectivity index (χ4n) is 5.47. The van der Waals surface area contributed by atoms with Gasteiger partial charge in [0.05, 0.1) is 22.3 Å². The largest absolute Gasteiger partial charge is 0.372 e. The Balaban J connectivity index is 1.45. The van der Waals surface area contributed by atoms with Gasteiger partial charge in [0.25, 0.3) is 5.69 Å². The number of anilines is 2. The summed E-state index contributed by atoms with van der Waals surface area (Å²) in [6.45, 7) is 0. The van der Waals surface area contributed by atoms with Crippen molar-refractivity contribution in [1.82, 2.24) is 0 Å². The van der Waals surface area contributed by atoms with Crippen LogP contribution in [0.4, 0.5) is 17.1 Å². The Labute approximate surface area is 225 Å².